The van der Waals surface area contributed by atoms with Gasteiger partial charge in [0.15, 0.2) is 5.17 Å². The molecule has 1 unspecified atom stereocenters. The second-order valence-electron chi connectivity index (χ2n) is 5.12. The highest BCUT2D eigenvalue weighted by atomic mass is 32.2. The lowest BCUT2D eigenvalue weighted by atomic mass is 10.0. The Morgan fingerprint density at radius 2 is 1.89 bits per heavy atom. The smallest absolute Gasteiger partial charge is 0.157 e. The fraction of sp³-hybridized carbons (Fsp3) is 0.533. The molecule has 2 rings (SSSR count). The maximum Gasteiger partial charge on any atom is 0.157 e. The van der Waals surface area contributed by atoms with E-state index >= 15 is 0 Å². The van der Waals surface area contributed by atoms with Gasteiger partial charge in [-0.3, -0.25) is 4.99 Å². The first-order chi connectivity index (χ1) is 8.65. The topological polar surface area (TPSA) is 24.4 Å². The molecular weight excluding hydrogens is 240 g/mol. The van der Waals surface area contributed by atoms with Gasteiger partial charge in [0.05, 0.1) is 6.54 Å². The summed E-state index contributed by atoms with van der Waals surface area (Å²) in [5.74, 6) is 1.12. The van der Waals surface area contributed by atoms with E-state index in [0.717, 1.165) is 30.3 Å². The fourth-order valence-corrected chi connectivity index (χ4v) is 3.08. The Morgan fingerprint density at radius 1 is 1.22 bits per heavy atom. The van der Waals surface area contributed by atoms with Crippen molar-refractivity contribution in [3.63, 3.8) is 0 Å². The average molecular weight is 262 g/mol. The molecule has 18 heavy (non-hydrogen) atoms. The molecule has 1 aromatic carbocycles. The number of thioether (sulfide) groups is 1. The maximum absolute atomic E-state index is 4.66. The fourth-order valence-electron chi connectivity index (χ4n) is 1.88. The molecule has 0 radical (unpaired) electrons. The lowest BCUT2D eigenvalue weighted by molar-refractivity contribution is 0.466. The molecule has 0 aromatic heterocycles. The molecule has 1 aromatic rings. The van der Waals surface area contributed by atoms with Gasteiger partial charge in [0.25, 0.3) is 0 Å². The van der Waals surface area contributed by atoms with Gasteiger partial charge >= 0.3 is 0 Å². The number of amidine groups is 1. The Morgan fingerprint density at radius 3 is 2.44 bits per heavy atom. The van der Waals surface area contributed by atoms with Gasteiger partial charge in [-0.05, 0) is 30.9 Å². The summed E-state index contributed by atoms with van der Waals surface area (Å²) in [7, 11) is 0. The van der Waals surface area contributed by atoms with E-state index in [2.05, 4.69) is 55.3 Å². The summed E-state index contributed by atoms with van der Waals surface area (Å²) in [4.78, 5) is 4.66. The minimum absolute atomic E-state index is 0.232. The van der Waals surface area contributed by atoms with Crippen LogP contribution in [0.3, 0.4) is 0 Å². The largest absolute Gasteiger partial charge is 0.359 e. The number of rotatable bonds is 4. The molecule has 98 valence electrons. The number of aryl methyl sites for hydroxylation is 1. The van der Waals surface area contributed by atoms with Crippen LogP contribution in [0.15, 0.2) is 29.3 Å². The molecule has 0 saturated carbocycles. The Labute approximate surface area is 114 Å². The van der Waals surface area contributed by atoms with E-state index in [1.165, 1.54) is 11.1 Å². The highest BCUT2D eigenvalue weighted by molar-refractivity contribution is 8.14. The van der Waals surface area contributed by atoms with Crippen molar-refractivity contribution in [1.82, 2.24) is 5.32 Å². The Kier molecular flexibility index (Phi) is 4.33. The molecule has 1 aliphatic heterocycles. The number of aliphatic imine (C=N–C) groups is 1. The molecular formula is C15H22N2S. The molecule has 0 aliphatic carbocycles. The summed E-state index contributed by atoms with van der Waals surface area (Å²) in [5.41, 5.74) is 2.90. The molecule has 1 saturated heterocycles. The van der Waals surface area contributed by atoms with Crippen molar-refractivity contribution in [3.05, 3.63) is 35.4 Å². The van der Waals surface area contributed by atoms with Crippen LogP contribution in [0, 0.1) is 0 Å². The number of benzene rings is 1. The van der Waals surface area contributed by atoms with Crippen molar-refractivity contribution in [2.24, 2.45) is 4.99 Å². The van der Waals surface area contributed by atoms with E-state index in [4.69, 9.17) is 0 Å². The minimum atomic E-state index is 0.232. The summed E-state index contributed by atoms with van der Waals surface area (Å²) >= 11 is 1.84. The zero-order chi connectivity index (χ0) is 13.0. The van der Waals surface area contributed by atoms with Crippen molar-refractivity contribution >= 4 is 16.9 Å². The molecule has 3 heteroatoms. The molecule has 0 bridgehead atoms. The molecule has 1 fully saturated rings. The van der Waals surface area contributed by atoms with Crippen molar-refractivity contribution in [3.8, 4) is 0 Å². The molecule has 0 spiro atoms. The summed E-state index contributed by atoms with van der Waals surface area (Å²) in [6.45, 7) is 7.44. The van der Waals surface area contributed by atoms with E-state index in [-0.39, 0.29) is 5.54 Å². The summed E-state index contributed by atoms with van der Waals surface area (Å²) < 4.78 is 0. The normalized spacial score (nSPS) is 25.4. The molecule has 0 amide bonds. The third kappa shape index (κ3) is 3.29. The van der Waals surface area contributed by atoms with Crippen LogP contribution in [0.2, 0.25) is 0 Å². The van der Waals surface area contributed by atoms with Gasteiger partial charge in [-0.2, -0.15) is 0 Å². The SMILES string of the molecule is CCc1ccc(CN=C2NC(C)(CC)CS2)cc1. The van der Waals surface area contributed by atoms with Crippen LogP contribution in [-0.4, -0.2) is 16.5 Å². The van der Waals surface area contributed by atoms with Crippen LogP contribution in [0.5, 0.6) is 0 Å². The van der Waals surface area contributed by atoms with Gasteiger partial charge in [0.2, 0.25) is 0 Å². The van der Waals surface area contributed by atoms with E-state index in [9.17, 15) is 0 Å². The summed E-state index contributed by atoms with van der Waals surface area (Å²) in [6, 6.07) is 8.75. The third-order valence-corrected chi connectivity index (χ3v) is 4.84. The van der Waals surface area contributed by atoms with Crippen LogP contribution in [-0.2, 0) is 13.0 Å². The van der Waals surface area contributed by atoms with Crippen molar-refractivity contribution in [1.29, 1.82) is 0 Å². The van der Waals surface area contributed by atoms with E-state index in [1.54, 1.807) is 0 Å². The maximum atomic E-state index is 4.66. The van der Waals surface area contributed by atoms with Crippen molar-refractivity contribution in [2.75, 3.05) is 5.75 Å². The van der Waals surface area contributed by atoms with Gasteiger partial charge in [-0.25, -0.2) is 0 Å². The third-order valence-electron chi connectivity index (χ3n) is 3.55. The molecule has 1 atom stereocenters. The van der Waals surface area contributed by atoms with Gasteiger partial charge < -0.3 is 5.32 Å². The van der Waals surface area contributed by atoms with E-state index in [0.29, 0.717) is 0 Å². The first-order valence-electron chi connectivity index (χ1n) is 6.68. The predicted molar refractivity (Wildman–Crippen MR) is 81.2 cm³/mol. The quantitative estimate of drug-likeness (QED) is 0.896. The van der Waals surface area contributed by atoms with Gasteiger partial charge in [0.1, 0.15) is 0 Å². The first-order valence-corrected chi connectivity index (χ1v) is 7.67. The number of nitrogens with one attached hydrogen (secondary N) is 1. The number of hydrogen-bond acceptors (Lipinski definition) is 2. The monoisotopic (exact) mass is 262 g/mol. The van der Waals surface area contributed by atoms with Crippen molar-refractivity contribution in [2.45, 2.75) is 45.7 Å². The van der Waals surface area contributed by atoms with Gasteiger partial charge in [-0.15, -0.1) is 0 Å². The van der Waals surface area contributed by atoms with E-state index in [1.807, 2.05) is 11.8 Å². The second-order valence-corrected chi connectivity index (χ2v) is 6.08. The first kappa shape index (κ1) is 13.5. The highest BCUT2D eigenvalue weighted by Crippen LogP contribution is 2.25. The van der Waals surface area contributed by atoms with Crippen LogP contribution < -0.4 is 5.32 Å². The minimum Gasteiger partial charge on any atom is -0.359 e. The Bertz CT molecular complexity index is 425. The molecule has 1 aliphatic rings. The van der Waals surface area contributed by atoms with E-state index < -0.39 is 0 Å². The number of nitrogens with zero attached hydrogens (tertiary/aromatic N) is 1. The standard InChI is InChI=1S/C15H22N2S/c1-4-12-6-8-13(9-7-12)10-16-14-17-15(3,5-2)11-18-14/h6-9H,4-5,10-11H2,1-3H3,(H,16,17). The van der Waals surface area contributed by atoms with Gasteiger partial charge in [-0.1, -0.05) is 49.9 Å². The van der Waals surface area contributed by atoms with Crippen LogP contribution in [0.4, 0.5) is 0 Å². The lowest BCUT2D eigenvalue weighted by Crippen LogP contribution is -2.39. The Hall–Kier alpha value is -0.960. The average Bonchev–Trinajstić information content (AvgIpc) is 2.80. The second kappa shape index (κ2) is 5.79. The van der Waals surface area contributed by atoms with Crippen LogP contribution in [0.25, 0.3) is 0 Å². The molecule has 1 heterocycles. The lowest BCUT2D eigenvalue weighted by Gasteiger charge is -2.20. The van der Waals surface area contributed by atoms with Crippen molar-refractivity contribution < 1.29 is 0 Å². The molecule has 1 N–H and O–H groups in total. The van der Waals surface area contributed by atoms with Gasteiger partial charge in [0, 0.05) is 11.3 Å². The Balaban J connectivity index is 1.94. The zero-order valence-corrected chi connectivity index (χ0v) is 12.3. The van der Waals surface area contributed by atoms with Crippen LogP contribution >= 0.6 is 11.8 Å². The molecule has 2 nitrogen and oxygen atoms in total. The zero-order valence-electron chi connectivity index (χ0n) is 11.5. The number of hydrogen-bond donors (Lipinski definition) is 1. The summed E-state index contributed by atoms with van der Waals surface area (Å²) in [5, 5.41) is 4.62. The highest BCUT2D eigenvalue weighted by Gasteiger charge is 2.30. The van der Waals surface area contributed by atoms with Crippen LogP contribution in [0.1, 0.15) is 38.3 Å². The predicted octanol–water partition coefficient (Wildman–Crippen LogP) is 3.61. The summed E-state index contributed by atoms with van der Waals surface area (Å²) in [6.07, 6.45) is 2.24.